The summed E-state index contributed by atoms with van der Waals surface area (Å²) in [4.78, 5) is 10.9. The first-order valence-corrected chi connectivity index (χ1v) is 10.2. The zero-order valence-electron chi connectivity index (χ0n) is 18.3. The fourth-order valence-electron chi connectivity index (χ4n) is 1.47. The van der Waals surface area contributed by atoms with Gasteiger partial charge in [-0.25, -0.2) is 5.43 Å². The summed E-state index contributed by atoms with van der Waals surface area (Å²) in [5, 5.41) is 8.63. The SMILES string of the molecule is C=C(S/C(C)=N\NC)C(/C=N\NC=O)=C/CC.CC.CC.Nc1ccccc1. The molecule has 0 aliphatic rings. The first-order valence-electron chi connectivity index (χ1n) is 9.36. The van der Waals surface area contributed by atoms with Crippen molar-refractivity contribution < 1.29 is 4.79 Å². The molecule has 0 bridgehead atoms. The highest BCUT2D eigenvalue weighted by Gasteiger charge is 2.03. The molecule has 158 valence electrons. The minimum atomic E-state index is 0.518. The van der Waals surface area contributed by atoms with E-state index in [-0.39, 0.29) is 0 Å². The third-order valence-corrected chi connectivity index (χ3v) is 3.29. The van der Waals surface area contributed by atoms with Crippen LogP contribution in [-0.4, -0.2) is 24.7 Å². The molecule has 0 saturated carbocycles. The molecule has 0 aromatic heterocycles. The van der Waals surface area contributed by atoms with Gasteiger partial charge in [-0.2, -0.15) is 10.2 Å². The van der Waals surface area contributed by atoms with Crippen LogP contribution < -0.4 is 16.6 Å². The monoisotopic (exact) mass is 407 g/mol. The van der Waals surface area contributed by atoms with Crippen molar-refractivity contribution in [2.24, 2.45) is 10.2 Å². The van der Waals surface area contributed by atoms with Gasteiger partial charge in [0.15, 0.2) is 0 Å². The minimum absolute atomic E-state index is 0.518. The maximum atomic E-state index is 10.1. The summed E-state index contributed by atoms with van der Waals surface area (Å²) < 4.78 is 0. The molecule has 0 radical (unpaired) electrons. The van der Waals surface area contributed by atoms with Gasteiger partial charge in [-0.1, -0.05) is 77.2 Å². The van der Waals surface area contributed by atoms with Crippen LogP contribution in [0.1, 0.15) is 48.0 Å². The molecule has 0 fully saturated rings. The Kier molecular flexibility index (Phi) is 26.4. The second kappa shape index (κ2) is 24.5. The smallest absolute Gasteiger partial charge is 0.227 e. The molecule has 0 spiro atoms. The predicted octanol–water partition coefficient (Wildman–Crippen LogP) is 5.18. The molecule has 1 rings (SSSR count). The standard InChI is InChI=1S/C11H18N4OS.C6H7N.2C2H6/c1-5-6-11(7-13-14-8-16)9(2)17-10(3)15-12-4;7-6-4-2-1-3-5-6;2*1-2/h6-8,12H,2,5H2,1,3-4H3,(H,14,16);1-5H,7H2;2*1-2H3/b11-6+,13-7-,15-10-;;;. The van der Waals surface area contributed by atoms with Crippen molar-refractivity contribution in [2.75, 3.05) is 12.8 Å². The van der Waals surface area contributed by atoms with E-state index in [4.69, 9.17) is 5.73 Å². The molecule has 6 nitrogen and oxygen atoms in total. The summed E-state index contributed by atoms with van der Waals surface area (Å²) in [5.74, 6) is 0. The molecule has 1 aromatic carbocycles. The van der Waals surface area contributed by atoms with Gasteiger partial charge in [0.25, 0.3) is 0 Å². The molecule has 0 aliphatic carbocycles. The van der Waals surface area contributed by atoms with E-state index in [0.29, 0.717) is 6.41 Å². The molecule has 1 aromatic rings. The van der Waals surface area contributed by atoms with Gasteiger partial charge in [-0.3, -0.25) is 4.79 Å². The molecule has 0 heterocycles. The Hall–Kier alpha value is -2.54. The van der Waals surface area contributed by atoms with Crippen LogP contribution in [0.4, 0.5) is 5.69 Å². The molecule has 0 unspecified atom stereocenters. The maximum Gasteiger partial charge on any atom is 0.227 e. The van der Waals surface area contributed by atoms with Gasteiger partial charge in [0.2, 0.25) is 6.41 Å². The lowest BCUT2D eigenvalue weighted by molar-refractivity contribution is -0.109. The largest absolute Gasteiger partial charge is 0.399 e. The van der Waals surface area contributed by atoms with Crippen LogP contribution in [0.15, 0.2) is 63.7 Å². The van der Waals surface area contributed by atoms with E-state index >= 15 is 0 Å². The highest BCUT2D eigenvalue weighted by molar-refractivity contribution is 8.17. The molecule has 0 saturated heterocycles. The minimum Gasteiger partial charge on any atom is -0.399 e. The number of nitrogen functional groups attached to an aromatic ring is 1. The summed E-state index contributed by atoms with van der Waals surface area (Å²) in [6.07, 6.45) is 4.94. The first kappa shape index (κ1) is 30.2. The van der Waals surface area contributed by atoms with E-state index in [0.717, 1.165) is 27.6 Å². The van der Waals surface area contributed by atoms with E-state index in [2.05, 4.69) is 27.6 Å². The number of nitrogens with zero attached hydrogens (tertiary/aromatic N) is 2. The summed E-state index contributed by atoms with van der Waals surface area (Å²) in [6, 6.07) is 9.49. The van der Waals surface area contributed by atoms with Gasteiger partial charge in [0, 0.05) is 23.2 Å². The lowest BCUT2D eigenvalue weighted by atomic mass is 10.2. The van der Waals surface area contributed by atoms with Gasteiger partial charge in [-0.05, 0) is 25.5 Å². The van der Waals surface area contributed by atoms with Crippen LogP contribution in [0, 0.1) is 0 Å². The number of nitrogens with two attached hydrogens (primary N) is 1. The highest BCUT2D eigenvalue weighted by atomic mass is 32.2. The van der Waals surface area contributed by atoms with Crippen LogP contribution in [0.3, 0.4) is 0 Å². The van der Waals surface area contributed by atoms with Gasteiger partial charge in [-0.15, -0.1) is 0 Å². The van der Waals surface area contributed by atoms with Crippen molar-refractivity contribution in [2.45, 2.75) is 48.0 Å². The molecule has 0 aliphatic heterocycles. The summed E-state index contributed by atoms with van der Waals surface area (Å²) in [7, 11) is 1.74. The van der Waals surface area contributed by atoms with Crippen LogP contribution in [0.5, 0.6) is 0 Å². The van der Waals surface area contributed by atoms with Crippen molar-refractivity contribution >= 4 is 35.1 Å². The number of carbonyl (C=O) groups is 1. The van der Waals surface area contributed by atoms with Crippen LogP contribution in [-0.2, 0) is 4.79 Å². The molecular weight excluding hydrogens is 370 g/mol. The molecular formula is C21H37N5OS. The predicted molar refractivity (Wildman–Crippen MR) is 129 cm³/mol. The number of allylic oxidation sites excluding steroid dienone is 2. The molecule has 0 atom stereocenters. The number of hydrogen-bond donors (Lipinski definition) is 3. The summed E-state index contributed by atoms with van der Waals surface area (Å²) in [6.45, 7) is 15.9. The van der Waals surface area contributed by atoms with E-state index in [1.807, 2.05) is 78.0 Å². The average Bonchev–Trinajstić information content (AvgIpc) is 2.71. The quantitative estimate of drug-likeness (QED) is 0.145. The zero-order valence-corrected chi connectivity index (χ0v) is 19.1. The van der Waals surface area contributed by atoms with Crippen LogP contribution in [0.25, 0.3) is 0 Å². The number of thioether (sulfide) groups is 1. The first-order chi connectivity index (χ1) is 13.5. The third kappa shape index (κ3) is 19.8. The number of carbonyl (C=O) groups excluding carboxylic acids is 1. The Morgan fingerprint density at radius 3 is 2.18 bits per heavy atom. The van der Waals surface area contributed by atoms with E-state index in [1.54, 1.807) is 13.3 Å². The third-order valence-electron chi connectivity index (χ3n) is 2.42. The highest BCUT2D eigenvalue weighted by Crippen LogP contribution is 2.22. The fourth-order valence-corrected chi connectivity index (χ4v) is 2.21. The normalized spacial score (nSPS) is 10.2. The Morgan fingerprint density at radius 2 is 1.79 bits per heavy atom. The maximum absolute atomic E-state index is 10.1. The Morgan fingerprint density at radius 1 is 1.21 bits per heavy atom. The van der Waals surface area contributed by atoms with Gasteiger partial charge >= 0.3 is 0 Å². The number of amides is 1. The molecule has 7 heteroatoms. The van der Waals surface area contributed by atoms with Gasteiger partial charge in [0.05, 0.1) is 11.3 Å². The number of para-hydroxylation sites is 1. The second-order valence-electron chi connectivity index (χ2n) is 4.36. The second-order valence-corrected chi connectivity index (χ2v) is 5.65. The number of rotatable bonds is 7. The fraction of sp³-hybridized carbons (Fsp3) is 0.381. The zero-order chi connectivity index (χ0) is 22.2. The lowest BCUT2D eigenvalue weighted by Crippen LogP contribution is -2.02. The van der Waals surface area contributed by atoms with Crippen molar-refractivity contribution in [1.29, 1.82) is 0 Å². The van der Waals surface area contributed by atoms with Crippen LogP contribution >= 0.6 is 11.8 Å². The number of hydrazone groups is 2. The molecule has 28 heavy (non-hydrogen) atoms. The Labute approximate surface area is 175 Å². The Bertz CT molecular complexity index is 584. The van der Waals surface area contributed by atoms with Crippen molar-refractivity contribution in [3.8, 4) is 0 Å². The summed E-state index contributed by atoms with van der Waals surface area (Å²) >= 11 is 1.45. The Balaban J connectivity index is -0.000000466. The number of nitrogens with one attached hydrogen (secondary N) is 2. The average molecular weight is 408 g/mol. The molecule has 4 N–H and O–H groups in total. The van der Waals surface area contributed by atoms with Gasteiger partial charge in [0.1, 0.15) is 0 Å². The number of anilines is 1. The van der Waals surface area contributed by atoms with Crippen molar-refractivity contribution in [3.05, 3.63) is 53.5 Å². The van der Waals surface area contributed by atoms with Crippen molar-refractivity contribution in [1.82, 2.24) is 10.9 Å². The topological polar surface area (TPSA) is 91.9 Å². The van der Waals surface area contributed by atoms with E-state index in [1.165, 1.54) is 11.8 Å². The number of hydrogen-bond acceptors (Lipinski definition) is 6. The number of benzene rings is 1. The van der Waals surface area contributed by atoms with E-state index in [9.17, 15) is 4.79 Å². The van der Waals surface area contributed by atoms with E-state index < -0.39 is 0 Å². The molecule has 1 amide bonds. The summed E-state index contributed by atoms with van der Waals surface area (Å²) in [5.41, 5.74) is 12.0. The van der Waals surface area contributed by atoms with Crippen LogP contribution in [0.2, 0.25) is 0 Å². The lowest BCUT2D eigenvalue weighted by Gasteiger charge is -2.05. The van der Waals surface area contributed by atoms with Crippen molar-refractivity contribution in [3.63, 3.8) is 0 Å². The van der Waals surface area contributed by atoms with Gasteiger partial charge < -0.3 is 11.2 Å².